The molecule has 0 radical (unpaired) electrons. The number of hydrogen-bond donors (Lipinski definition) is 0. The van der Waals surface area contributed by atoms with Gasteiger partial charge in [-0.1, -0.05) is 0 Å². The normalized spacial score (nSPS) is 11.4. The Morgan fingerprint density at radius 2 is 2.05 bits per heavy atom. The molecule has 0 saturated carbocycles. The van der Waals surface area contributed by atoms with Gasteiger partial charge >= 0.3 is 0 Å². The van der Waals surface area contributed by atoms with Crippen LogP contribution in [-0.2, 0) is 6.54 Å². The first kappa shape index (κ1) is 12.3. The van der Waals surface area contributed by atoms with Crippen LogP contribution in [0.15, 0.2) is 23.1 Å². The number of hydrogen-bond acceptors (Lipinski definition) is 3. The minimum atomic E-state index is 0.696. The third kappa shape index (κ3) is 1.96. The second-order valence-corrected chi connectivity index (χ2v) is 5.38. The van der Waals surface area contributed by atoms with Crippen LogP contribution in [0.5, 0.6) is 0 Å². The zero-order chi connectivity index (χ0) is 13.6. The van der Waals surface area contributed by atoms with Gasteiger partial charge in [0, 0.05) is 36.4 Å². The summed E-state index contributed by atoms with van der Waals surface area (Å²) in [6.07, 6.45) is 5.69. The number of rotatable bonds is 2. The van der Waals surface area contributed by atoms with E-state index in [1.807, 2.05) is 28.4 Å². The van der Waals surface area contributed by atoms with Gasteiger partial charge < -0.3 is 0 Å². The van der Waals surface area contributed by atoms with Gasteiger partial charge in [-0.05, 0) is 36.7 Å². The van der Waals surface area contributed by atoms with Crippen molar-refractivity contribution >= 4 is 21.7 Å². The summed E-state index contributed by atoms with van der Waals surface area (Å²) in [5, 5.41) is 4.53. The van der Waals surface area contributed by atoms with E-state index in [2.05, 4.69) is 44.8 Å². The highest BCUT2D eigenvalue weighted by atomic mass is 79.9. The van der Waals surface area contributed by atoms with Crippen molar-refractivity contribution in [2.75, 3.05) is 0 Å². The van der Waals surface area contributed by atoms with Gasteiger partial charge in [0.15, 0.2) is 0 Å². The Bertz CT molecular complexity index is 756. The predicted octanol–water partition coefficient (Wildman–Crippen LogP) is 2.99. The highest BCUT2D eigenvalue weighted by molar-refractivity contribution is 9.10. The lowest BCUT2D eigenvalue weighted by Crippen LogP contribution is -1.98. The Hall–Kier alpha value is -1.69. The predicted molar refractivity (Wildman–Crippen MR) is 77.1 cm³/mol. The van der Waals surface area contributed by atoms with E-state index in [-0.39, 0.29) is 0 Å². The standard InChI is InChI=1S/C13H14BrN5/c1-4-19-9(3)12(8(2)17-19)11-7-18-6-10(14)5-15-13(18)16-11/h5-7H,4H2,1-3H3. The van der Waals surface area contributed by atoms with E-state index in [0.29, 0.717) is 5.78 Å². The third-order valence-electron chi connectivity index (χ3n) is 3.22. The van der Waals surface area contributed by atoms with Crippen LogP contribution in [0.25, 0.3) is 17.0 Å². The minimum absolute atomic E-state index is 0.696. The molecule has 0 unspecified atom stereocenters. The third-order valence-corrected chi connectivity index (χ3v) is 3.63. The van der Waals surface area contributed by atoms with Crippen molar-refractivity contribution in [3.63, 3.8) is 0 Å². The second kappa shape index (κ2) is 4.45. The number of aromatic nitrogens is 5. The Labute approximate surface area is 119 Å². The van der Waals surface area contributed by atoms with Gasteiger partial charge in [0.25, 0.3) is 0 Å². The number of fused-ring (bicyclic) bond motifs is 1. The van der Waals surface area contributed by atoms with Gasteiger partial charge in [0.1, 0.15) is 0 Å². The van der Waals surface area contributed by atoms with Crippen LogP contribution in [0.3, 0.4) is 0 Å². The fourth-order valence-corrected chi connectivity index (χ4v) is 2.68. The van der Waals surface area contributed by atoms with Crippen molar-refractivity contribution < 1.29 is 0 Å². The van der Waals surface area contributed by atoms with Crippen LogP contribution < -0.4 is 0 Å². The highest BCUT2D eigenvalue weighted by Gasteiger charge is 2.15. The fourth-order valence-electron chi connectivity index (χ4n) is 2.36. The molecule has 0 aliphatic heterocycles. The molecule has 0 aromatic carbocycles. The summed E-state index contributed by atoms with van der Waals surface area (Å²) in [5.74, 6) is 0.696. The average molecular weight is 320 g/mol. The maximum atomic E-state index is 4.57. The number of nitrogens with zero attached hydrogens (tertiary/aromatic N) is 5. The van der Waals surface area contributed by atoms with Gasteiger partial charge in [0.2, 0.25) is 5.78 Å². The molecule has 3 rings (SSSR count). The topological polar surface area (TPSA) is 48.0 Å². The quantitative estimate of drug-likeness (QED) is 0.729. The van der Waals surface area contributed by atoms with Gasteiger partial charge in [-0.2, -0.15) is 5.10 Å². The summed E-state index contributed by atoms with van der Waals surface area (Å²) in [6, 6.07) is 0. The summed E-state index contributed by atoms with van der Waals surface area (Å²) >= 11 is 3.41. The molecule has 6 heteroatoms. The maximum absolute atomic E-state index is 4.57. The van der Waals surface area contributed by atoms with Crippen molar-refractivity contribution in [3.05, 3.63) is 34.5 Å². The summed E-state index contributed by atoms with van der Waals surface area (Å²) in [7, 11) is 0. The molecule has 0 amide bonds. The van der Waals surface area contributed by atoms with E-state index in [0.717, 1.165) is 33.7 Å². The molecule has 0 bridgehead atoms. The molecule has 5 nitrogen and oxygen atoms in total. The number of halogens is 1. The first-order valence-electron chi connectivity index (χ1n) is 6.14. The molecule has 19 heavy (non-hydrogen) atoms. The molecule has 3 heterocycles. The number of aryl methyl sites for hydroxylation is 2. The Morgan fingerprint density at radius 3 is 2.74 bits per heavy atom. The van der Waals surface area contributed by atoms with E-state index in [1.165, 1.54) is 0 Å². The molecule has 0 N–H and O–H groups in total. The zero-order valence-corrected chi connectivity index (χ0v) is 12.6. The molecule has 0 aliphatic carbocycles. The van der Waals surface area contributed by atoms with Crippen molar-refractivity contribution in [2.24, 2.45) is 0 Å². The van der Waals surface area contributed by atoms with E-state index in [1.54, 1.807) is 6.20 Å². The first-order valence-corrected chi connectivity index (χ1v) is 6.94. The largest absolute Gasteiger partial charge is 0.289 e. The Kier molecular flexibility index (Phi) is 2.89. The Morgan fingerprint density at radius 1 is 1.26 bits per heavy atom. The van der Waals surface area contributed by atoms with E-state index < -0.39 is 0 Å². The average Bonchev–Trinajstić information content (AvgIpc) is 2.89. The lowest BCUT2D eigenvalue weighted by Gasteiger charge is -1.99. The zero-order valence-electron chi connectivity index (χ0n) is 11.1. The molecule has 3 aromatic rings. The second-order valence-electron chi connectivity index (χ2n) is 4.47. The van der Waals surface area contributed by atoms with Crippen molar-refractivity contribution in [3.8, 4) is 11.3 Å². The molecule has 3 aromatic heterocycles. The molecule has 0 spiro atoms. The number of imidazole rings is 1. The molecule has 0 aliphatic rings. The van der Waals surface area contributed by atoms with Crippen molar-refractivity contribution in [1.29, 1.82) is 0 Å². The van der Waals surface area contributed by atoms with Crippen LogP contribution in [0, 0.1) is 13.8 Å². The molecule has 0 atom stereocenters. The lowest BCUT2D eigenvalue weighted by molar-refractivity contribution is 0.634. The SMILES string of the molecule is CCn1nc(C)c(-c2cn3cc(Br)cnc3n2)c1C. The summed E-state index contributed by atoms with van der Waals surface area (Å²) in [4.78, 5) is 8.86. The van der Waals surface area contributed by atoms with Gasteiger partial charge in [-0.25, -0.2) is 9.97 Å². The monoisotopic (exact) mass is 319 g/mol. The van der Waals surface area contributed by atoms with E-state index in [4.69, 9.17) is 0 Å². The minimum Gasteiger partial charge on any atom is -0.289 e. The smallest absolute Gasteiger partial charge is 0.234 e. The summed E-state index contributed by atoms with van der Waals surface area (Å²) in [6.45, 7) is 7.05. The van der Waals surface area contributed by atoms with Crippen LogP contribution >= 0.6 is 15.9 Å². The van der Waals surface area contributed by atoms with E-state index >= 15 is 0 Å². The molecule has 0 fully saturated rings. The molecule has 0 saturated heterocycles. The fraction of sp³-hybridized carbons (Fsp3) is 0.308. The summed E-state index contributed by atoms with van der Waals surface area (Å²) < 4.78 is 4.85. The molecular weight excluding hydrogens is 306 g/mol. The Balaban J connectivity index is 2.21. The van der Waals surface area contributed by atoms with Crippen LogP contribution in [0.2, 0.25) is 0 Å². The highest BCUT2D eigenvalue weighted by Crippen LogP contribution is 2.26. The van der Waals surface area contributed by atoms with Crippen LogP contribution in [0.4, 0.5) is 0 Å². The van der Waals surface area contributed by atoms with Gasteiger partial charge in [-0.15, -0.1) is 0 Å². The molecular formula is C13H14BrN5. The van der Waals surface area contributed by atoms with E-state index in [9.17, 15) is 0 Å². The van der Waals surface area contributed by atoms with Gasteiger partial charge in [-0.3, -0.25) is 9.08 Å². The van der Waals surface area contributed by atoms with Gasteiger partial charge in [0.05, 0.1) is 15.9 Å². The van der Waals surface area contributed by atoms with Crippen molar-refractivity contribution in [2.45, 2.75) is 27.3 Å². The van der Waals surface area contributed by atoms with Crippen LogP contribution in [0.1, 0.15) is 18.3 Å². The summed E-state index contributed by atoms with van der Waals surface area (Å²) in [5.41, 5.74) is 4.16. The van der Waals surface area contributed by atoms with Crippen molar-refractivity contribution in [1.82, 2.24) is 24.1 Å². The van der Waals surface area contributed by atoms with Crippen LogP contribution in [-0.4, -0.2) is 24.1 Å². The lowest BCUT2D eigenvalue weighted by atomic mass is 10.1. The maximum Gasteiger partial charge on any atom is 0.234 e. The first-order chi connectivity index (χ1) is 9.10. The molecule has 98 valence electrons.